The van der Waals surface area contributed by atoms with Crippen LogP contribution in [0, 0.1) is 0 Å². The minimum atomic E-state index is -3.83. The number of benzene rings is 2. The Morgan fingerprint density at radius 1 is 1.03 bits per heavy atom. The summed E-state index contributed by atoms with van der Waals surface area (Å²) in [7, 11) is -3.83. The van der Waals surface area contributed by atoms with Crippen LogP contribution in [0.1, 0.15) is 23.7 Å². The molecule has 2 heterocycles. The van der Waals surface area contributed by atoms with Crippen molar-refractivity contribution in [1.82, 2.24) is 9.88 Å². The summed E-state index contributed by atoms with van der Waals surface area (Å²) in [6.07, 6.45) is 3.81. The quantitative estimate of drug-likeness (QED) is 0.576. The second kappa shape index (κ2) is 9.35. The van der Waals surface area contributed by atoms with E-state index in [1.54, 1.807) is 18.3 Å². The number of hydrogen-bond donors (Lipinski definition) is 2. The molecule has 0 aliphatic carbocycles. The van der Waals surface area contributed by atoms with Gasteiger partial charge in [0.25, 0.3) is 0 Å². The Kier molecular flexibility index (Phi) is 6.34. The maximum atomic E-state index is 13.5. The molecule has 0 spiro atoms. The van der Waals surface area contributed by atoms with Gasteiger partial charge in [-0.3, -0.25) is 9.78 Å². The average Bonchev–Trinajstić information content (AvgIpc) is 2.81. The molecule has 1 unspecified atom stereocenters. The number of nitrogens with one attached hydrogen (secondary N) is 1. The van der Waals surface area contributed by atoms with Gasteiger partial charge in [-0.2, -0.15) is 0 Å². The lowest BCUT2D eigenvalue weighted by molar-refractivity contribution is -0.121. The molecular weight excluding hydrogens is 440 g/mol. The van der Waals surface area contributed by atoms with E-state index in [9.17, 15) is 18.0 Å². The van der Waals surface area contributed by atoms with Gasteiger partial charge in [-0.1, -0.05) is 36.4 Å². The van der Waals surface area contributed by atoms with E-state index in [1.165, 1.54) is 29.2 Å². The zero-order valence-electron chi connectivity index (χ0n) is 17.6. The third kappa shape index (κ3) is 5.16. The van der Waals surface area contributed by atoms with E-state index < -0.39 is 22.1 Å². The number of Topliss-reactive ketones (excluding diaryl/α,β-unsaturated/α-hetero) is 1. The molecule has 8 nitrogen and oxygen atoms in total. The minimum Gasteiger partial charge on any atom is -0.310 e. The molecule has 3 N–H and O–H groups in total. The second-order valence-electron chi connectivity index (χ2n) is 7.54. The molecule has 2 amide bonds. The van der Waals surface area contributed by atoms with Gasteiger partial charge in [-0.05, 0) is 54.5 Å². The van der Waals surface area contributed by atoms with Gasteiger partial charge in [0.2, 0.25) is 10.0 Å². The molecule has 2 aromatic carbocycles. The number of rotatable bonds is 4. The van der Waals surface area contributed by atoms with Crippen molar-refractivity contribution in [3.8, 4) is 0 Å². The summed E-state index contributed by atoms with van der Waals surface area (Å²) in [4.78, 5) is 32.3. The number of primary sulfonamides is 1. The highest BCUT2D eigenvalue weighted by molar-refractivity contribution is 7.89. The van der Waals surface area contributed by atoms with Crippen molar-refractivity contribution in [3.05, 3.63) is 95.8 Å². The minimum absolute atomic E-state index is 0.0555. The van der Waals surface area contributed by atoms with Crippen LogP contribution in [0.25, 0.3) is 6.08 Å². The third-order valence-corrected chi connectivity index (χ3v) is 6.25. The van der Waals surface area contributed by atoms with Gasteiger partial charge >= 0.3 is 6.03 Å². The van der Waals surface area contributed by atoms with Crippen LogP contribution < -0.4 is 10.5 Å². The van der Waals surface area contributed by atoms with Gasteiger partial charge in [0.15, 0.2) is 5.78 Å². The predicted octanol–water partition coefficient (Wildman–Crippen LogP) is 3.36. The summed E-state index contributed by atoms with van der Waals surface area (Å²) in [6.45, 7) is 0.324. The largest absolute Gasteiger partial charge is 0.322 e. The Bertz CT molecular complexity index is 1290. The number of ketones is 1. The van der Waals surface area contributed by atoms with Gasteiger partial charge in [-0.15, -0.1) is 0 Å². The summed E-state index contributed by atoms with van der Waals surface area (Å²) in [5.74, 6) is -0.169. The summed E-state index contributed by atoms with van der Waals surface area (Å²) in [6, 6.07) is 18.9. The summed E-state index contributed by atoms with van der Waals surface area (Å²) in [5.41, 5.74) is 2.37. The molecule has 0 bridgehead atoms. The number of sulfonamides is 1. The summed E-state index contributed by atoms with van der Waals surface area (Å²) < 4.78 is 22.9. The fraction of sp³-hybridized carbons (Fsp3) is 0.125. The standard InChI is InChI=1S/C24H22N4O4S/c25-33(31,32)21-11-9-19(10-12-21)27-24(30)28-15-13-18(16-20-8-4-5-14-26-20)23(29)22(28)17-6-2-1-3-7-17/h1-12,14,16,22H,13,15H2,(H,27,30)(H2,25,31,32). The van der Waals surface area contributed by atoms with Gasteiger partial charge in [0, 0.05) is 24.0 Å². The Morgan fingerprint density at radius 3 is 2.36 bits per heavy atom. The molecule has 1 atom stereocenters. The number of aromatic nitrogens is 1. The van der Waals surface area contributed by atoms with Gasteiger partial charge < -0.3 is 10.2 Å². The van der Waals surface area contributed by atoms with Crippen LogP contribution in [0.15, 0.2) is 89.5 Å². The Balaban J connectivity index is 1.61. The van der Waals surface area contributed by atoms with Gasteiger partial charge in [0.1, 0.15) is 6.04 Å². The van der Waals surface area contributed by atoms with Crippen molar-refractivity contribution in [2.45, 2.75) is 17.4 Å². The maximum absolute atomic E-state index is 13.5. The Hall–Kier alpha value is -3.82. The van der Waals surface area contributed by atoms with Crippen LogP contribution in [0.4, 0.5) is 10.5 Å². The maximum Gasteiger partial charge on any atom is 0.322 e. The Morgan fingerprint density at radius 2 is 1.73 bits per heavy atom. The predicted molar refractivity (Wildman–Crippen MR) is 125 cm³/mol. The highest BCUT2D eigenvalue weighted by Gasteiger charge is 2.37. The fourth-order valence-electron chi connectivity index (χ4n) is 3.70. The highest BCUT2D eigenvalue weighted by atomic mass is 32.2. The molecule has 0 radical (unpaired) electrons. The summed E-state index contributed by atoms with van der Waals surface area (Å²) in [5, 5.41) is 7.86. The van der Waals surface area contributed by atoms with Crippen molar-refractivity contribution in [1.29, 1.82) is 0 Å². The zero-order chi connectivity index (χ0) is 23.4. The summed E-state index contributed by atoms with van der Waals surface area (Å²) >= 11 is 0. The van der Waals surface area contributed by atoms with Crippen molar-refractivity contribution in [2.24, 2.45) is 5.14 Å². The van der Waals surface area contributed by atoms with E-state index in [-0.39, 0.29) is 10.7 Å². The molecule has 33 heavy (non-hydrogen) atoms. The lowest BCUT2D eigenvalue weighted by atomic mass is 9.89. The highest BCUT2D eigenvalue weighted by Crippen LogP contribution is 2.32. The number of hydrogen-bond acceptors (Lipinski definition) is 5. The average molecular weight is 463 g/mol. The van der Waals surface area contributed by atoms with Gasteiger partial charge in [0.05, 0.1) is 10.6 Å². The molecule has 1 fully saturated rings. The molecule has 1 aromatic heterocycles. The SMILES string of the molecule is NS(=O)(=O)c1ccc(NC(=O)N2CCC(=Cc3ccccn3)C(=O)C2c2ccccc2)cc1. The topological polar surface area (TPSA) is 122 Å². The van der Waals surface area contributed by atoms with Crippen LogP contribution in [0.5, 0.6) is 0 Å². The first-order valence-electron chi connectivity index (χ1n) is 10.2. The van der Waals surface area contributed by atoms with Crippen molar-refractivity contribution in [2.75, 3.05) is 11.9 Å². The number of piperidine rings is 1. The van der Waals surface area contributed by atoms with Crippen LogP contribution in [-0.2, 0) is 14.8 Å². The first kappa shape index (κ1) is 22.4. The van der Waals surface area contributed by atoms with Crippen molar-refractivity contribution in [3.63, 3.8) is 0 Å². The van der Waals surface area contributed by atoms with Crippen molar-refractivity contribution < 1.29 is 18.0 Å². The molecule has 9 heteroatoms. The smallest absolute Gasteiger partial charge is 0.310 e. The lowest BCUT2D eigenvalue weighted by Gasteiger charge is -2.36. The van der Waals surface area contributed by atoms with E-state index in [0.29, 0.717) is 35.5 Å². The number of carbonyl (C=O) groups is 2. The number of likely N-dealkylation sites (tertiary alicyclic amines) is 1. The van der Waals surface area contributed by atoms with Gasteiger partial charge in [-0.25, -0.2) is 18.4 Å². The number of anilines is 1. The monoisotopic (exact) mass is 462 g/mol. The second-order valence-corrected chi connectivity index (χ2v) is 9.11. The molecular formula is C24H22N4O4S. The zero-order valence-corrected chi connectivity index (χ0v) is 18.4. The lowest BCUT2D eigenvalue weighted by Crippen LogP contribution is -2.46. The first-order chi connectivity index (χ1) is 15.8. The number of pyridine rings is 1. The molecule has 1 aliphatic rings. The molecule has 4 rings (SSSR count). The molecule has 1 saturated heterocycles. The number of urea groups is 1. The molecule has 3 aromatic rings. The molecule has 1 aliphatic heterocycles. The third-order valence-electron chi connectivity index (χ3n) is 5.32. The Labute approximate surface area is 191 Å². The van der Waals surface area contributed by atoms with E-state index in [1.807, 2.05) is 42.5 Å². The van der Waals surface area contributed by atoms with E-state index in [0.717, 1.165) is 0 Å². The van der Waals surface area contributed by atoms with Crippen LogP contribution >= 0.6 is 0 Å². The number of nitrogens with zero attached hydrogens (tertiary/aromatic N) is 2. The molecule has 168 valence electrons. The first-order valence-corrected chi connectivity index (χ1v) is 11.8. The number of nitrogens with two attached hydrogens (primary N) is 1. The van der Waals surface area contributed by atoms with Crippen LogP contribution in [-0.4, -0.2) is 36.7 Å². The molecule has 0 saturated carbocycles. The van der Waals surface area contributed by atoms with Crippen molar-refractivity contribution >= 4 is 33.6 Å². The number of amides is 2. The van der Waals surface area contributed by atoms with E-state index in [4.69, 9.17) is 5.14 Å². The van der Waals surface area contributed by atoms with E-state index >= 15 is 0 Å². The fourth-order valence-corrected chi connectivity index (χ4v) is 4.22. The normalized spacial score (nSPS) is 17.7. The number of carbonyl (C=O) groups excluding carboxylic acids is 2. The van der Waals surface area contributed by atoms with E-state index in [2.05, 4.69) is 10.3 Å². The van der Waals surface area contributed by atoms with Crippen LogP contribution in [0.3, 0.4) is 0 Å². The van der Waals surface area contributed by atoms with Crippen LogP contribution in [0.2, 0.25) is 0 Å².